The van der Waals surface area contributed by atoms with Gasteiger partial charge >= 0.3 is 0 Å². The third-order valence-electron chi connectivity index (χ3n) is 5.61. The number of rotatable bonds is 7. The van der Waals surface area contributed by atoms with Gasteiger partial charge in [0, 0.05) is 62.9 Å². The number of ether oxygens (including phenoxy) is 1. The summed E-state index contributed by atoms with van der Waals surface area (Å²) in [5.74, 6) is 0.247. The summed E-state index contributed by atoms with van der Waals surface area (Å²) < 4.78 is 5.39. The van der Waals surface area contributed by atoms with Crippen molar-refractivity contribution in [1.29, 1.82) is 0 Å². The van der Waals surface area contributed by atoms with E-state index in [0.717, 1.165) is 62.8 Å². The highest BCUT2D eigenvalue weighted by Crippen LogP contribution is 2.22. The lowest BCUT2D eigenvalue weighted by Gasteiger charge is -2.28. The average Bonchev–Trinajstić information content (AvgIpc) is 3.32. The fourth-order valence-corrected chi connectivity index (χ4v) is 3.96. The predicted molar refractivity (Wildman–Crippen MR) is 108 cm³/mol. The monoisotopic (exact) mass is 383 g/mol. The standard InChI is InChI=1S/C21H29N5O2/c1-16-3-2-4-17(11-16)21-18(14-23-24-21)13-22-19-12-20(27)26(15-19)6-5-25-7-9-28-10-8-25/h2-4,11,14,19,22H,5-10,12-13,15H2,1H3,(H,23,24)/t19-/m1/s1. The maximum atomic E-state index is 12.4. The maximum absolute atomic E-state index is 12.4. The number of amides is 1. The molecule has 28 heavy (non-hydrogen) atoms. The van der Waals surface area contributed by atoms with Crippen LogP contribution in [0.15, 0.2) is 30.5 Å². The number of hydrogen-bond acceptors (Lipinski definition) is 5. The van der Waals surface area contributed by atoms with Crippen molar-refractivity contribution in [2.45, 2.75) is 25.9 Å². The molecule has 2 fully saturated rings. The Bertz CT molecular complexity index is 800. The van der Waals surface area contributed by atoms with E-state index in [-0.39, 0.29) is 11.9 Å². The molecule has 2 aliphatic rings. The van der Waals surface area contributed by atoms with Crippen LogP contribution in [0.4, 0.5) is 0 Å². The molecule has 3 heterocycles. The number of aromatic amines is 1. The van der Waals surface area contributed by atoms with Crippen molar-refractivity contribution in [2.75, 3.05) is 45.9 Å². The lowest BCUT2D eigenvalue weighted by molar-refractivity contribution is -0.128. The molecule has 0 aliphatic carbocycles. The van der Waals surface area contributed by atoms with Crippen LogP contribution >= 0.6 is 0 Å². The smallest absolute Gasteiger partial charge is 0.224 e. The van der Waals surface area contributed by atoms with Gasteiger partial charge in [-0.1, -0.05) is 23.8 Å². The minimum Gasteiger partial charge on any atom is -0.379 e. The molecule has 7 nitrogen and oxygen atoms in total. The third-order valence-corrected chi connectivity index (χ3v) is 5.61. The summed E-state index contributed by atoms with van der Waals surface area (Å²) in [6, 6.07) is 8.59. The van der Waals surface area contributed by atoms with Crippen LogP contribution in [-0.4, -0.2) is 77.9 Å². The van der Waals surface area contributed by atoms with Gasteiger partial charge in [0.15, 0.2) is 0 Å². The lowest BCUT2D eigenvalue weighted by Crippen LogP contribution is -2.42. The Morgan fingerprint density at radius 2 is 2.14 bits per heavy atom. The van der Waals surface area contributed by atoms with Gasteiger partial charge in [-0.15, -0.1) is 0 Å². The van der Waals surface area contributed by atoms with E-state index in [9.17, 15) is 4.79 Å². The molecule has 1 amide bonds. The highest BCUT2D eigenvalue weighted by atomic mass is 16.5. The Labute approximate surface area is 166 Å². The Morgan fingerprint density at radius 1 is 1.29 bits per heavy atom. The Balaban J connectivity index is 1.29. The number of carbonyl (C=O) groups is 1. The first-order valence-electron chi connectivity index (χ1n) is 10.1. The van der Waals surface area contributed by atoms with Crippen molar-refractivity contribution in [1.82, 2.24) is 25.3 Å². The van der Waals surface area contributed by atoms with Crippen molar-refractivity contribution in [3.8, 4) is 11.3 Å². The number of nitrogens with zero attached hydrogens (tertiary/aromatic N) is 3. The van der Waals surface area contributed by atoms with E-state index >= 15 is 0 Å². The number of benzene rings is 1. The second-order valence-corrected chi connectivity index (χ2v) is 7.72. The van der Waals surface area contributed by atoms with Crippen LogP contribution in [0.1, 0.15) is 17.5 Å². The first-order valence-corrected chi connectivity index (χ1v) is 10.1. The molecule has 1 atom stereocenters. The molecular weight excluding hydrogens is 354 g/mol. The molecule has 1 aromatic heterocycles. The van der Waals surface area contributed by atoms with Gasteiger partial charge in [-0.2, -0.15) is 5.10 Å². The molecule has 7 heteroatoms. The number of aryl methyl sites for hydroxylation is 1. The van der Waals surface area contributed by atoms with Gasteiger partial charge in [0.2, 0.25) is 5.91 Å². The zero-order valence-electron chi connectivity index (χ0n) is 16.5. The number of hydrogen-bond donors (Lipinski definition) is 2. The number of nitrogens with one attached hydrogen (secondary N) is 2. The largest absolute Gasteiger partial charge is 0.379 e. The Kier molecular flexibility index (Phi) is 6.04. The van der Waals surface area contributed by atoms with Gasteiger partial charge in [-0.05, 0) is 13.0 Å². The minimum atomic E-state index is 0.192. The van der Waals surface area contributed by atoms with Crippen molar-refractivity contribution in [3.63, 3.8) is 0 Å². The van der Waals surface area contributed by atoms with Gasteiger partial charge in [-0.3, -0.25) is 14.8 Å². The zero-order valence-corrected chi connectivity index (χ0v) is 16.5. The highest BCUT2D eigenvalue weighted by Gasteiger charge is 2.29. The normalized spacial score (nSPS) is 20.8. The summed E-state index contributed by atoms with van der Waals surface area (Å²) in [6.07, 6.45) is 2.44. The molecule has 0 spiro atoms. The number of likely N-dealkylation sites (tertiary alicyclic amines) is 1. The molecule has 2 saturated heterocycles. The minimum absolute atomic E-state index is 0.192. The summed E-state index contributed by atoms with van der Waals surface area (Å²) in [6.45, 7) is 8.83. The van der Waals surface area contributed by atoms with Crippen LogP contribution in [0, 0.1) is 6.92 Å². The highest BCUT2D eigenvalue weighted by molar-refractivity contribution is 5.79. The Hall–Kier alpha value is -2.22. The molecule has 150 valence electrons. The molecule has 2 aliphatic heterocycles. The van der Waals surface area contributed by atoms with E-state index in [2.05, 4.69) is 51.6 Å². The Morgan fingerprint density at radius 3 is 2.96 bits per heavy atom. The summed E-state index contributed by atoms with van der Waals surface area (Å²) in [5, 5.41) is 10.9. The summed E-state index contributed by atoms with van der Waals surface area (Å²) in [5.41, 5.74) is 4.54. The second-order valence-electron chi connectivity index (χ2n) is 7.72. The number of H-pyrrole nitrogens is 1. The van der Waals surface area contributed by atoms with Crippen LogP contribution in [-0.2, 0) is 16.1 Å². The van der Waals surface area contributed by atoms with Crippen LogP contribution in [0.5, 0.6) is 0 Å². The van der Waals surface area contributed by atoms with E-state index < -0.39 is 0 Å². The first kappa shape index (κ1) is 19.1. The number of morpholine rings is 1. The fourth-order valence-electron chi connectivity index (χ4n) is 3.96. The summed E-state index contributed by atoms with van der Waals surface area (Å²) >= 11 is 0. The van der Waals surface area contributed by atoms with Crippen molar-refractivity contribution in [2.24, 2.45) is 0 Å². The second kappa shape index (κ2) is 8.86. The van der Waals surface area contributed by atoms with Crippen LogP contribution in [0.3, 0.4) is 0 Å². The van der Waals surface area contributed by atoms with Gasteiger partial charge in [-0.25, -0.2) is 0 Å². The quantitative estimate of drug-likeness (QED) is 0.756. The molecule has 4 rings (SSSR count). The number of carbonyl (C=O) groups excluding carboxylic acids is 1. The average molecular weight is 383 g/mol. The topological polar surface area (TPSA) is 73.5 Å². The van der Waals surface area contributed by atoms with E-state index in [0.29, 0.717) is 13.0 Å². The molecule has 0 bridgehead atoms. The van der Waals surface area contributed by atoms with Gasteiger partial charge < -0.3 is 15.0 Å². The van der Waals surface area contributed by atoms with Crippen molar-refractivity contribution >= 4 is 5.91 Å². The van der Waals surface area contributed by atoms with E-state index in [1.165, 1.54) is 5.56 Å². The first-order chi connectivity index (χ1) is 13.7. The van der Waals surface area contributed by atoms with Crippen LogP contribution in [0.2, 0.25) is 0 Å². The molecule has 0 saturated carbocycles. The predicted octanol–water partition coefficient (Wildman–Crippen LogP) is 1.41. The molecule has 2 N–H and O–H groups in total. The maximum Gasteiger partial charge on any atom is 0.224 e. The zero-order chi connectivity index (χ0) is 19.3. The van der Waals surface area contributed by atoms with E-state index in [1.54, 1.807) is 0 Å². The van der Waals surface area contributed by atoms with Crippen molar-refractivity contribution < 1.29 is 9.53 Å². The molecule has 0 radical (unpaired) electrons. The molecule has 2 aromatic rings. The van der Waals surface area contributed by atoms with E-state index in [4.69, 9.17) is 4.74 Å². The SMILES string of the molecule is Cc1cccc(-c2[nH]ncc2CN[C@@H]2CC(=O)N(CCN3CCOCC3)C2)c1. The number of aromatic nitrogens is 2. The lowest BCUT2D eigenvalue weighted by atomic mass is 10.1. The summed E-state index contributed by atoms with van der Waals surface area (Å²) in [4.78, 5) is 16.7. The molecule has 0 unspecified atom stereocenters. The molecular formula is C21H29N5O2. The van der Waals surface area contributed by atoms with Gasteiger partial charge in [0.05, 0.1) is 25.1 Å². The summed E-state index contributed by atoms with van der Waals surface area (Å²) in [7, 11) is 0. The molecule has 1 aromatic carbocycles. The van der Waals surface area contributed by atoms with Gasteiger partial charge in [0.25, 0.3) is 0 Å². The van der Waals surface area contributed by atoms with Crippen LogP contribution in [0.25, 0.3) is 11.3 Å². The fraction of sp³-hybridized carbons (Fsp3) is 0.524. The van der Waals surface area contributed by atoms with Gasteiger partial charge in [0.1, 0.15) is 0 Å². The van der Waals surface area contributed by atoms with Crippen LogP contribution < -0.4 is 5.32 Å². The van der Waals surface area contributed by atoms with Crippen molar-refractivity contribution in [3.05, 3.63) is 41.6 Å². The van der Waals surface area contributed by atoms with E-state index in [1.807, 2.05) is 11.1 Å². The third kappa shape index (κ3) is 4.60.